The fourth-order valence-corrected chi connectivity index (χ4v) is 5.55. The first-order valence-corrected chi connectivity index (χ1v) is 13.4. The van der Waals surface area contributed by atoms with Gasteiger partial charge in [0.15, 0.2) is 11.0 Å². The van der Waals surface area contributed by atoms with Crippen LogP contribution in [0.15, 0.2) is 84.5 Å². The second-order valence-electron chi connectivity index (χ2n) is 9.11. The Morgan fingerprint density at radius 1 is 1.08 bits per heavy atom. The fourth-order valence-electron chi connectivity index (χ4n) is 4.79. The van der Waals surface area contributed by atoms with Crippen molar-refractivity contribution in [2.24, 2.45) is 0 Å². The van der Waals surface area contributed by atoms with E-state index in [-0.39, 0.29) is 23.6 Å². The molecule has 188 valence electrons. The predicted octanol–water partition coefficient (Wildman–Crippen LogP) is 5.63. The molecular formula is C29H29N5O2S. The molecule has 1 saturated heterocycles. The van der Waals surface area contributed by atoms with E-state index in [0.717, 1.165) is 40.7 Å². The average molecular weight is 512 g/mol. The van der Waals surface area contributed by atoms with Crippen LogP contribution >= 0.6 is 11.8 Å². The first kappa shape index (κ1) is 24.8. The number of aromatic nitrogens is 3. The zero-order valence-electron chi connectivity index (χ0n) is 20.8. The van der Waals surface area contributed by atoms with Crippen molar-refractivity contribution in [1.82, 2.24) is 19.7 Å². The van der Waals surface area contributed by atoms with Gasteiger partial charge in [-0.3, -0.25) is 9.59 Å². The predicted molar refractivity (Wildman–Crippen MR) is 148 cm³/mol. The van der Waals surface area contributed by atoms with Gasteiger partial charge in [0.25, 0.3) is 5.91 Å². The molecule has 1 aromatic heterocycles. The highest BCUT2D eigenvalue weighted by Gasteiger charge is 2.35. The molecule has 1 aliphatic heterocycles. The molecule has 0 saturated carbocycles. The molecule has 7 nitrogen and oxygen atoms in total. The molecule has 0 radical (unpaired) electrons. The Balaban J connectivity index is 1.30. The number of fused-ring (bicyclic) bond motifs is 1. The Hall–Kier alpha value is -3.91. The van der Waals surface area contributed by atoms with E-state index < -0.39 is 0 Å². The Bertz CT molecular complexity index is 1460. The van der Waals surface area contributed by atoms with Crippen LogP contribution in [0.1, 0.15) is 40.6 Å². The van der Waals surface area contributed by atoms with Crippen LogP contribution in [-0.4, -0.2) is 43.8 Å². The molecular weight excluding hydrogens is 482 g/mol. The number of likely N-dealkylation sites (tertiary alicyclic amines) is 1. The van der Waals surface area contributed by atoms with E-state index in [2.05, 4.69) is 22.1 Å². The molecule has 1 atom stereocenters. The van der Waals surface area contributed by atoms with E-state index in [9.17, 15) is 9.59 Å². The standard InChI is InChI=1S/C29H29N5O2S/c1-3-16-34-27(25-13-8-17-33(25)28(36)24-12-7-4-9-20(24)2)31-32-29(34)37-19-26(35)30-23-15-14-21-10-5-6-11-22(21)18-23/h3-7,9-12,14-15,18,25H,1,8,13,16-17,19H2,2H3,(H,30,35). The van der Waals surface area contributed by atoms with Gasteiger partial charge in [-0.05, 0) is 54.3 Å². The van der Waals surface area contributed by atoms with E-state index in [4.69, 9.17) is 0 Å². The second kappa shape index (κ2) is 11.0. The maximum Gasteiger partial charge on any atom is 0.254 e. The molecule has 8 heteroatoms. The Kier molecular flexibility index (Phi) is 7.37. The van der Waals surface area contributed by atoms with Crippen molar-refractivity contribution in [3.8, 4) is 0 Å². The van der Waals surface area contributed by atoms with Gasteiger partial charge in [0.2, 0.25) is 5.91 Å². The minimum Gasteiger partial charge on any atom is -0.328 e. The van der Waals surface area contributed by atoms with Crippen LogP contribution in [0.4, 0.5) is 5.69 Å². The van der Waals surface area contributed by atoms with E-state index in [1.165, 1.54) is 11.8 Å². The van der Waals surface area contributed by atoms with Crippen LogP contribution in [0.3, 0.4) is 0 Å². The SMILES string of the molecule is C=CCn1c(SCC(=O)Nc2ccc3ccccc3c2)nnc1C1CCCN1C(=O)c1ccccc1C. The van der Waals surface area contributed by atoms with Crippen LogP contribution < -0.4 is 5.32 Å². The number of thioether (sulfide) groups is 1. The number of hydrogen-bond donors (Lipinski definition) is 1. The van der Waals surface area contributed by atoms with Gasteiger partial charge in [0.05, 0.1) is 11.8 Å². The summed E-state index contributed by atoms with van der Waals surface area (Å²) >= 11 is 1.33. The molecule has 2 amide bonds. The summed E-state index contributed by atoms with van der Waals surface area (Å²) in [6.07, 6.45) is 3.51. The first-order chi connectivity index (χ1) is 18.0. The number of rotatable bonds is 8. The van der Waals surface area contributed by atoms with Crippen molar-refractivity contribution in [3.05, 3.63) is 96.3 Å². The van der Waals surface area contributed by atoms with Crippen LogP contribution in [-0.2, 0) is 11.3 Å². The minimum absolute atomic E-state index is 0.0118. The lowest BCUT2D eigenvalue weighted by atomic mass is 10.1. The number of hydrogen-bond acceptors (Lipinski definition) is 5. The van der Waals surface area contributed by atoms with Gasteiger partial charge in [-0.2, -0.15) is 0 Å². The summed E-state index contributed by atoms with van der Waals surface area (Å²) in [5, 5.41) is 14.7. The van der Waals surface area contributed by atoms with Gasteiger partial charge in [-0.15, -0.1) is 16.8 Å². The molecule has 1 unspecified atom stereocenters. The quantitative estimate of drug-likeness (QED) is 0.245. The summed E-state index contributed by atoms with van der Waals surface area (Å²) in [4.78, 5) is 28.0. The normalized spacial score (nSPS) is 15.2. The number of carbonyl (C=O) groups excluding carboxylic acids is 2. The molecule has 0 bridgehead atoms. The highest BCUT2D eigenvalue weighted by Crippen LogP contribution is 2.34. The van der Waals surface area contributed by atoms with Crippen LogP contribution in [0.2, 0.25) is 0 Å². The lowest BCUT2D eigenvalue weighted by Crippen LogP contribution is -2.32. The van der Waals surface area contributed by atoms with Gasteiger partial charge >= 0.3 is 0 Å². The van der Waals surface area contributed by atoms with Crippen LogP contribution in [0.25, 0.3) is 10.8 Å². The lowest BCUT2D eigenvalue weighted by Gasteiger charge is -2.25. The third-order valence-corrected chi connectivity index (χ3v) is 7.58. The Morgan fingerprint density at radius 2 is 1.86 bits per heavy atom. The zero-order chi connectivity index (χ0) is 25.8. The Morgan fingerprint density at radius 3 is 2.68 bits per heavy atom. The number of nitrogens with zero attached hydrogens (tertiary/aromatic N) is 4. The highest BCUT2D eigenvalue weighted by atomic mass is 32.2. The summed E-state index contributed by atoms with van der Waals surface area (Å²) in [6.45, 7) is 7.02. The van der Waals surface area contributed by atoms with E-state index in [0.29, 0.717) is 23.8 Å². The first-order valence-electron chi connectivity index (χ1n) is 12.4. The van der Waals surface area contributed by atoms with E-state index in [1.54, 1.807) is 6.08 Å². The maximum atomic E-state index is 13.4. The molecule has 0 spiro atoms. The van der Waals surface area contributed by atoms with Crippen molar-refractivity contribution in [3.63, 3.8) is 0 Å². The molecule has 1 fully saturated rings. The minimum atomic E-state index is -0.166. The van der Waals surface area contributed by atoms with Crippen molar-refractivity contribution in [2.75, 3.05) is 17.6 Å². The third-order valence-electron chi connectivity index (χ3n) is 6.61. The molecule has 1 N–H and O–H groups in total. The van der Waals surface area contributed by atoms with Crippen LogP contribution in [0, 0.1) is 6.92 Å². The molecule has 4 aromatic rings. The monoisotopic (exact) mass is 511 g/mol. The molecule has 5 rings (SSSR count). The summed E-state index contributed by atoms with van der Waals surface area (Å²) in [5.41, 5.74) is 2.43. The fraction of sp³-hybridized carbons (Fsp3) is 0.241. The highest BCUT2D eigenvalue weighted by molar-refractivity contribution is 7.99. The number of nitrogens with one attached hydrogen (secondary N) is 1. The largest absolute Gasteiger partial charge is 0.328 e. The molecule has 0 aliphatic carbocycles. The van der Waals surface area contributed by atoms with Gasteiger partial charge in [0, 0.05) is 24.3 Å². The molecule has 1 aliphatic rings. The molecule has 2 heterocycles. The zero-order valence-corrected chi connectivity index (χ0v) is 21.6. The number of allylic oxidation sites excluding steroid dienone is 1. The van der Waals surface area contributed by atoms with Gasteiger partial charge in [0.1, 0.15) is 0 Å². The van der Waals surface area contributed by atoms with Crippen molar-refractivity contribution >= 4 is 40.0 Å². The summed E-state index contributed by atoms with van der Waals surface area (Å²) < 4.78 is 1.97. The summed E-state index contributed by atoms with van der Waals surface area (Å²) in [6, 6.07) is 21.4. The number of amides is 2. The number of aryl methyl sites for hydroxylation is 1. The van der Waals surface area contributed by atoms with Crippen molar-refractivity contribution < 1.29 is 9.59 Å². The lowest BCUT2D eigenvalue weighted by molar-refractivity contribution is -0.113. The topological polar surface area (TPSA) is 80.1 Å². The van der Waals surface area contributed by atoms with Gasteiger partial charge in [-0.1, -0.05) is 66.4 Å². The van der Waals surface area contributed by atoms with Crippen LogP contribution in [0.5, 0.6) is 0 Å². The average Bonchev–Trinajstić information content (AvgIpc) is 3.54. The third kappa shape index (κ3) is 5.29. The number of benzene rings is 3. The van der Waals surface area contributed by atoms with E-state index in [1.807, 2.05) is 83.1 Å². The molecule has 3 aromatic carbocycles. The van der Waals surface area contributed by atoms with E-state index >= 15 is 0 Å². The Labute approximate surface area is 220 Å². The molecule has 37 heavy (non-hydrogen) atoms. The summed E-state index contributed by atoms with van der Waals surface area (Å²) in [5.74, 6) is 0.820. The van der Waals surface area contributed by atoms with Gasteiger partial charge in [-0.25, -0.2) is 0 Å². The van der Waals surface area contributed by atoms with Crippen molar-refractivity contribution in [1.29, 1.82) is 0 Å². The number of anilines is 1. The maximum absolute atomic E-state index is 13.4. The summed E-state index contributed by atoms with van der Waals surface area (Å²) in [7, 11) is 0. The number of carbonyl (C=O) groups is 2. The van der Waals surface area contributed by atoms with Gasteiger partial charge < -0.3 is 14.8 Å². The van der Waals surface area contributed by atoms with Crippen molar-refractivity contribution in [2.45, 2.75) is 37.5 Å². The smallest absolute Gasteiger partial charge is 0.254 e. The second-order valence-corrected chi connectivity index (χ2v) is 10.1.